The number of hydrogen-bond acceptors (Lipinski definition) is 2. The molecular weight excluding hydrogens is 282 g/mol. The van der Waals surface area contributed by atoms with Crippen LogP contribution < -0.4 is 0 Å². The van der Waals surface area contributed by atoms with Gasteiger partial charge in [-0.15, -0.1) is 11.6 Å². The third-order valence-electron chi connectivity index (χ3n) is 4.90. The summed E-state index contributed by atoms with van der Waals surface area (Å²) in [6, 6.07) is 2.44. The predicted molar refractivity (Wildman–Crippen MR) is 87.8 cm³/mol. The van der Waals surface area contributed by atoms with Crippen LogP contribution in [0.2, 0.25) is 0 Å². The van der Waals surface area contributed by atoms with Crippen LogP contribution >= 0.6 is 11.6 Å². The van der Waals surface area contributed by atoms with Crippen LogP contribution in [0.25, 0.3) is 11.2 Å². The van der Waals surface area contributed by atoms with E-state index in [1.807, 2.05) is 19.2 Å². The molecular formula is C17H24ClN3. The second kappa shape index (κ2) is 5.96. The second-order valence-electron chi connectivity index (χ2n) is 6.39. The highest BCUT2D eigenvalue weighted by atomic mass is 35.5. The number of pyridine rings is 1. The predicted octanol–water partition coefficient (Wildman–Crippen LogP) is 5.18. The molecule has 2 atom stereocenters. The van der Waals surface area contributed by atoms with Crippen molar-refractivity contribution in [3.8, 4) is 0 Å². The van der Waals surface area contributed by atoms with E-state index in [1.165, 1.54) is 37.7 Å². The summed E-state index contributed by atoms with van der Waals surface area (Å²) >= 11 is 6.40. The summed E-state index contributed by atoms with van der Waals surface area (Å²) in [7, 11) is 0. The molecule has 1 saturated carbocycles. The molecule has 0 aromatic carbocycles. The smallest absolute Gasteiger partial charge is 0.160 e. The van der Waals surface area contributed by atoms with Crippen molar-refractivity contribution in [3.63, 3.8) is 0 Å². The van der Waals surface area contributed by atoms with Gasteiger partial charge in [0.2, 0.25) is 0 Å². The van der Waals surface area contributed by atoms with Gasteiger partial charge in [-0.25, -0.2) is 9.97 Å². The minimum Gasteiger partial charge on any atom is -0.308 e. The number of aryl methyl sites for hydroxylation is 1. The first kappa shape index (κ1) is 14.8. The Balaban J connectivity index is 2.10. The molecule has 0 spiro atoms. The topological polar surface area (TPSA) is 30.7 Å². The highest BCUT2D eigenvalue weighted by Gasteiger charge is 2.27. The minimum atomic E-state index is -0.0929. The lowest BCUT2D eigenvalue weighted by Gasteiger charge is -2.30. The number of alkyl halides is 1. The van der Waals surface area contributed by atoms with Gasteiger partial charge in [0.15, 0.2) is 5.65 Å². The van der Waals surface area contributed by atoms with Gasteiger partial charge in [-0.3, -0.25) is 0 Å². The zero-order chi connectivity index (χ0) is 15.0. The lowest BCUT2D eigenvalue weighted by atomic mass is 9.84. The van der Waals surface area contributed by atoms with Gasteiger partial charge in [0.05, 0.1) is 5.38 Å². The van der Waals surface area contributed by atoms with Gasteiger partial charge in [-0.05, 0) is 51.2 Å². The normalized spacial score (nSPS) is 19.8. The van der Waals surface area contributed by atoms with Crippen molar-refractivity contribution in [2.24, 2.45) is 5.92 Å². The number of rotatable bonds is 3. The molecule has 0 aliphatic heterocycles. The third-order valence-corrected chi connectivity index (χ3v) is 5.10. The summed E-state index contributed by atoms with van der Waals surface area (Å²) in [4.78, 5) is 9.40. The van der Waals surface area contributed by atoms with E-state index < -0.39 is 0 Å². The van der Waals surface area contributed by atoms with Crippen molar-refractivity contribution in [1.82, 2.24) is 14.5 Å². The Morgan fingerprint density at radius 1 is 1.24 bits per heavy atom. The molecule has 114 valence electrons. The molecule has 2 aromatic heterocycles. The van der Waals surface area contributed by atoms with E-state index in [4.69, 9.17) is 16.6 Å². The molecule has 0 N–H and O–H groups in total. The van der Waals surface area contributed by atoms with Crippen molar-refractivity contribution in [2.75, 3.05) is 0 Å². The number of aromatic nitrogens is 3. The summed E-state index contributed by atoms with van der Waals surface area (Å²) in [5.41, 5.74) is 3.17. The van der Waals surface area contributed by atoms with Crippen LogP contribution in [0.5, 0.6) is 0 Å². The zero-order valence-electron chi connectivity index (χ0n) is 13.1. The largest absolute Gasteiger partial charge is 0.308 e. The van der Waals surface area contributed by atoms with Crippen LogP contribution in [0.1, 0.15) is 68.8 Å². The molecule has 2 heterocycles. The monoisotopic (exact) mass is 305 g/mol. The Morgan fingerprint density at radius 3 is 2.62 bits per heavy atom. The second-order valence-corrected chi connectivity index (χ2v) is 7.05. The van der Waals surface area contributed by atoms with Crippen molar-refractivity contribution >= 4 is 22.8 Å². The van der Waals surface area contributed by atoms with Crippen molar-refractivity contribution in [1.29, 1.82) is 0 Å². The molecule has 1 aliphatic rings. The molecule has 1 fully saturated rings. The first-order valence-corrected chi connectivity index (χ1v) is 8.50. The van der Waals surface area contributed by atoms with E-state index in [0.717, 1.165) is 17.0 Å². The van der Waals surface area contributed by atoms with Gasteiger partial charge < -0.3 is 4.57 Å². The van der Waals surface area contributed by atoms with E-state index in [-0.39, 0.29) is 5.38 Å². The molecule has 1 aliphatic carbocycles. The van der Waals surface area contributed by atoms with Crippen LogP contribution in [-0.2, 0) is 0 Å². The molecule has 3 nitrogen and oxygen atoms in total. The molecule has 4 heteroatoms. The highest BCUT2D eigenvalue weighted by molar-refractivity contribution is 6.20. The number of fused-ring (bicyclic) bond motifs is 1. The van der Waals surface area contributed by atoms with E-state index in [0.29, 0.717) is 12.0 Å². The Morgan fingerprint density at radius 2 is 1.95 bits per heavy atom. The summed E-state index contributed by atoms with van der Waals surface area (Å²) in [5, 5.41) is -0.0929. The van der Waals surface area contributed by atoms with Gasteiger partial charge in [-0.2, -0.15) is 0 Å². The van der Waals surface area contributed by atoms with Crippen LogP contribution in [0, 0.1) is 12.8 Å². The number of nitrogens with zero attached hydrogens (tertiary/aromatic N) is 3. The maximum Gasteiger partial charge on any atom is 0.160 e. The molecule has 0 saturated heterocycles. The lowest BCUT2D eigenvalue weighted by molar-refractivity contribution is 0.263. The van der Waals surface area contributed by atoms with Gasteiger partial charge in [0.1, 0.15) is 11.3 Å². The molecule has 3 rings (SSSR count). The van der Waals surface area contributed by atoms with Crippen LogP contribution in [-0.4, -0.2) is 14.5 Å². The molecule has 21 heavy (non-hydrogen) atoms. The Labute approximate surface area is 131 Å². The molecule has 0 amide bonds. The Bertz CT molecular complexity index is 626. The van der Waals surface area contributed by atoms with Gasteiger partial charge in [0.25, 0.3) is 0 Å². The van der Waals surface area contributed by atoms with E-state index in [9.17, 15) is 0 Å². The lowest BCUT2D eigenvalue weighted by Crippen LogP contribution is -2.21. The van der Waals surface area contributed by atoms with Crippen LogP contribution in [0.15, 0.2) is 12.3 Å². The number of imidazole rings is 1. The van der Waals surface area contributed by atoms with E-state index in [1.54, 1.807) is 0 Å². The van der Waals surface area contributed by atoms with Gasteiger partial charge >= 0.3 is 0 Å². The quantitative estimate of drug-likeness (QED) is 0.731. The first-order valence-electron chi connectivity index (χ1n) is 8.07. The first-order chi connectivity index (χ1) is 10.1. The summed E-state index contributed by atoms with van der Waals surface area (Å²) in [6.45, 7) is 6.40. The minimum absolute atomic E-state index is 0.0929. The highest BCUT2D eigenvalue weighted by Crippen LogP contribution is 2.37. The average molecular weight is 306 g/mol. The fourth-order valence-corrected chi connectivity index (χ4v) is 3.79. The number of halogens is 1. The fourth-order valence-electron chi connectivity index (χ4n) is 3.64. The SMILES string of the molecule is Cc1ccnc2c1nc(C(C)Cl)n2C(C)C1CCCCC1. The standard InChI is InChI=1S/C17H24ClN3/c1-11-9-10-19-17-15(11)20-16(12(2)18)21(17)13(3)14-7-5-4-6-8-14/h9-10,12-14H,4-8H2,1-3H3. The van der Waals surface area contributed by atoms with Gasteiger partial charge in [-0.1, -0.05) is 19.3 Å². The summed E-state index contributed by atoms with van der Waals surface area (Å²) in [6.07, 6.45) is 8.57. The average Bonchev–Trinajstić information content (AvgIpc) is 2.88. The van der Waals surface area contributed by atoms with Crippen molar-refractivity contribution in [2.45, 2.75) is 64.3 Å². The van der Waals surface area contributed by atoms with E-state index in [2.05, 4.69) is 23.4 Å². The molecule has 0 bridgehead atoms. The third kappa shape index (κ3) is 2.68. The maximum absolute atomic E-state index is 6.40. The Hall–Kier alpha value is -1.09. The van der Waals surface area contributed by atoms with Crippen molar-refractivity contribution < 1.29 is 0 Å². The zero-order valence-corrected chi connectivity index (χ0v) is 13.9. The summed E-state index contributed by atoms with van der Waals surface area (Å²) < 4.78 is 2.30. The fraction of sp³-hybridized carbons (Fsp3) is 0.647. The number of hydrogen-bond donors (Lipinski definition) is 0. The van der Waals surface area contributed by atoms with Crippen molar-refractivity contribution in [3.05, 3.63) is 23.7 Å². The van der Waals surface area contributed by atoms with E-state index >= 15 is 0 Å². The molecule has 2 unspecified atom stereocenters. The van der Waals surface area contributed by atoms with Crippen LogP contribution in [0.4, 0.5) is 0 Å². The van der Waals surface area contributed by atoms with Crippen LogP contribution in [0.3, 0.4) is 0 Å². The Kier molecular flexibility index (Phi) is 4.21. The maximum atomic E-state index is 6.40. The molecule has 0 radical (unpaired) electrons. The van der Waals surface area contributed by atoms with Gasteiger partial charge in [0, 0.05) is 12.2 Å². The summed E-state index contributed by atoms with van der Waals surface area (Å²) in [5.74, 6) is 1.68. The molecule has 2 aromatic rings.